The maximum absolute atomic E-state index is 14.1. The Labute approximate surface area is 147 Å². The second-order valence-corrected chi connectivity index (χ2v) is 7.06. The Bertz CT molecular complexity index is 665. The number of amides is 1. The van der Waals surface area contributed by atoms with Crippen LogP contribution in [0.2, 0.25) is 0 Å². The number of allylic oxidation sites excluding steroid dienone is 4. The summed E-state index contributed by atoms with van der Waals surface area (Å²) in [6.07, 6.45) is 8.53. The van der Waals surface area contributed by atoms with Crippen molar-refractivity contribution in [1.29, 1.82) is 0 Å². The van der Waals surface area contributed by atoms with Gasteiger partial charge in [0.15, 0.2) is 0 Å². The molecular formula is C18H25ClFN3O. The number of nitrogens with zero attached hydrogens (tertiary/aromatic N) is 2. The van der Waals surface area contributed by atoms with Crippen LogP contribution in [0.1, 0.15) is 49.2 Å². The Kier molecular flexibility index (Phi) is 6.21. The summed E-state index contributed by atoms with van der Waals surface area (Å²) in [7, 11) is 1.48. The van der Waals surface area contributed by atoms with Gasteiger partial charge >= 0.3 is 0 Å². The van der Waals surface area contributed by atoms with Crippen molar-refractivity contribution in [3.63, 3.8) is 0 Å². The Morgan fingerprint density at radius 1 is 1.58 bits per heavy atom. The van der Waals surface area contributed by atoms with Gasteiger partial charge in [0.25, 0.3) is 5.91 Å². The number of hydrogen-bond donors (Lipinski definition) is 1. The zero-order valence-corrected chi connectivity index (χ0v) is 15.4. The highest BCUT2D eigenvalue weighted by Crippen LogP contribution is 2.31. The third-order valence-corrected chi connectivity index (χ3v) is 5.08. The molecule has 0 spiro atoms. The van der Waals surface area contributed by atoms with Crippen LogP contribution < -0.4 is 5.32 Å². The average molecular weight is 354 g/mol. The zero-order chi connectivity index (χ0) is 17.9. The molecule has 1 aliphatic carbocycles. The van der Waals surface area contributed by atoms with Crippen LogP contribution >= 0.6 is 11.6 Å². The second-order valence-electron chi connectivity index (χ2n) is 6.44. The van der Waals surface area contributed by atoms with Crippen molar-refractivity contribution < 1.29 is 9.18 Å². The van der Waals surface area contributed by atoms with Crippen molar-refractivity contribution in [1.82, 2.24) is 15.1 Å². The number of carbonyl (C=O) groups is 1. The molecule has 0 saturated carbocycles. The van der Waals surface area contributed by atoms with E-state index in [1.165, 1.54) is 7.05 Å². The van der Waals surface area contributed by atoms with E-state index < -0.39 is 11.9 Å². The quantitative estimate of drug-likeness (QED) is 0.782. The van der Waals surface area contributed by atoms with E-state index in [0.717, 1.165) is 29.6 Å². The van der Waals surface area contributed by atoms with Gasteiger partial charge in [-0.25, -0.2) is 4.68 Å². The first kappa shape index (κ1) is 18.7. The van der Waals surface area contributed by atoms with E-state index in [0.29, 0.717) is 11.6 Å². The Morgan fingerprint density at radius 2 is 2.29 bits per heavy atom. The lowest BCUT2D eigenvalue weighted by atomic mass is 9.82. The number of aromatic nitrogens is 2. The van der Waals surface area contributed by atoms with Gasteiger partial charge in [-0.1, -0.05) is 26.0 Å². The van der Waals surface area contributed by atoms with Crippen LogP contribution in [0.15, 0.2) is 23.9 Å². The minimum absolute atomic E-state index is 0.00290. The largest absolute Gasteiger partial charge is 0.325 e. The van der Waals surface area contributed by atoms with Crippen LogP contribution in [0, 0.1) is 24.7 Å². The van der Waals surface area contributed by atoms with Gasteiger partial charge < -0.3 is 5.32 Å². The summed E-state index contributed by atoms with van der Waals surface area (Å²) in [6, 6.07) is 0. The normalized spacial score (nSPS) is 19.8. The van der Waals surface area contributed by atoms with Gasteiger partial charge in [0.2, 0.25) is 5.95 Å². The topological polar surface area (TPSA) is 46.9 Å². The van der Waals surface area contributed by atoms with Crippen LogP contribution in [-0.2, 0) is 7.05 Å². The smallest absolute Gasteiger partial charge is 0.261 e. The van der Waals surface area contributed by atoms with Gasteiger partial charge in [0.1, 0.15) is 5.56 Å². The summed E-state index contributed by atoms with van der Waals surface area (Å²) >= 11 is 6.29. The number of hydrogen-bond acceptors (Lipinski definition) is 2. The molecule has 0 bridgehead atoms. The molecular weight excluding hydrogens is 329 g/mol. The van der Waals surface area contributed by atoms with E-state index in [9.17, 15) is 9.18 Å². The fraction of sp³-hybridized carbons (Fsp3) is 0.556. The summed E-state index contributed by atoms with van der Waals surface area (Å²) in [5, 5.41) is 6.97. The summed E-state index contributed by atoms with van der Waals surface area (Å²) in [4.78, 5) is 12.5. The third-order valence-electron chi connectivity index (χ3n) is 4.60. The standard InChI is InChI=1S/C18H25ClFN3O/c1-5-13(19)10-11(2)14-8-6-7-9-15(14)21-18(24)16-12(3)22-23(4)17(16)20/h6-7,9,11,13-14H,5,8,10H2,1-4H3,(H,21,24). The van der Waals surface area contributed by atoms with Gasteiger partial charge in [0.05, 0.1) is 5.69 Å². The molecule has 0 saturated heterocycles. The monoisotopic (exact) mass is 353 g/mol. The highest BCUT2D eigenvalue weighted by Gasteiger charge is 2.27. The first-order valence-corrected chi connectivity index (χ1v) is 8.80. The number of alkyl halides is 1. The summed E-state index contributed by atoms with van der Waals surface area (Å²) in [6.45, 7) is 5.84. The molecule has 1 aliphatic rings. The highest BCUT2D eigenvalue weighted by molar-refractivity contribution is 6.20. The van der Waals surface area contributed by atoms with E-state index in [1.807, 2.05) is 12.2 Å². The number of rotatable bonds is 6. The van der Waals surface area contributed by atoms with E-state index in [-0.39, 0.29) is 16.9 Å². The molecule has 4 nitrogen and oxygen atoms in total. The molecule has 132 valence electrons. The minimum Gasteiger partial charge on any atom is -0.325 e. The highest BCUT2D eigenvalue weighted by atomic mass is 35.5. The van der Waals surface area contributed by atoms with Gasteiger partial charge in [-0.15, -0.1) is 11.6 Å². The van der Waals surface area contributed by atoms with Crippen molar-refractivity contribution in [2.24, 2.45) is 18.9 Å². The predicted octanol–water partition coefficient (Wildman–Crippen LogP) is 4.10. The van der Waals surface area contributed by atoms with E-state index >= 15 is 0 Å². The third kappa shape index (κ3) is 4.07. The molecule has 1 aromatic heterocycles. The van der Waals surface area contributed by atoms with Gasteiger partial charge in [-0.05, 0) is 38.2 Å². The Morgan fingerprint density at radius 3 is 2.88 bits per heavy atom. The lowest BCUT2D eigenvalue weighted by molar-refractivity contribution is 0.0953. The van der Waals surface area contributed by atoms with Crippen molar-refractivity contribution >= 4 is 17.5 Å². The van der Waals surface area contributed by atoms with Gasteiger partial charge in [0, 0.05) is 24.0 Å². The lowest BCUT2D eigenvalue weighted by Gasteiger charge is -2.29. The fourth-order valence-electron chi connectivity index (χ4n) is 3.14. The zero-order valence-electron chi connectivity index (χ0n) is 14.6. The fourth-order valence-corrected chi connectivity index (χ4v) is 3.42. The number of carbonyl (C=O) groups excluding carboxylic acids is 1. The van der Waals surface area contributed by atoms with Crippen LogP contribution in [0.5, 0.6) is 0 Å². The summed E-state index contributed by atoms with van der Waals surface area (Å²) < 4.78 is 15.2. The van der Waals surface area contributed by atoms with Crippen molar-refractivity contribution in [2.75, 3.05) is 0 Å². The van der Waals surface area contributed by atoms with Crippen LogP contribution in [0.25, 0.3) is 0 Å². The van der Waals surface area contributed by atoms with Gasteiger partial charge in [-0.2, -0.15) is 9.49 Å². The second kappa shape index (κ2) is 7.97. The molecule has 6 heteroatoms. The molecule has 1 amide bonds. The maximum Gasteiger partial charge on any atom is 0.261 e. The molecule has 2 rings (SSSR count). The van der Waals surface area contributed by atoms with Crippen molar-refractivity contribution in [2.45, 2.75) is 45.4 Å². The molecule has 0 aliphatic heterocycles. The molecule has 0 fully saturated rings. The van der Waals surface area contributed by atoms with Crippen molar-refractivity contribution in [3.05, 3.63) is 41.1 Å². The molecule has 3 unspecified atom stereocenters. The van der Waals surface area contributed by atoms with E-state index in [4.69, 9.17) is 11.6 Å². The van der Waals surface area contributed by atoms with Crippen LogP contribution in [0.3, 0.4) is 0 Å². The minimum atomic E-state index is -0.617. The predicted molar refractivity (Wildman–Crippen MR) is 94.4 cm³/mol. The molecule has 1 aromatic rings. The average Bonchev–Trinajstić information content (AvgIpc) is 2.80. The summed E-state index contributed by atoms with van der Waals surface area (Å²) in [5.41, 5.74) is 1.21. The van der Waals surface area contributed by atoms with Crippen molar-refractivity contribution in [3.8, 4) is 0 Å². The lowest BCUT2D eigenvalue weighted by Crippen LogP contribution is -2.32. The first-order valence-electron chi connectivity index (χ1n) is 8.36. The van der Waals surface area contributed by atoms with E-state index in [2.05, 4.69) is 30.3 Å². The Balaban J connectivity index is 2.15. The molecule has 0 radical (unpaired) electrons. The number of aryl methyl sites for hydroxylation is 2. The molecule has 1 heterocycles. The van der Waals surface area contributed by atoms with Gasteiger partial charge in [-0.3, -0.25) is 4.79 Å². The first-order chi connectivity index (χ1) is 11.3. The molecule has 1 N–H and O–H groups in total. The molecule has 24 heavy (non-hydrogen) atoms. The maximum atomic E-state index is 14.1. The van der Waals surface area contributed by atoms with Crippen LogP contribution in [-0.4, -0.2) is 21.1 Å². The SMILES string of the molecule is CCC(Cl)CC(C)C1CC=CC=C1NC(=O)c1c(C)nn(C)c1F. The number of halogens is 2. The van der Waals surface area contributed by atoms with E-state index in [1.54, 1.807) is 6.92 Å². The Hall–Kier alpha value is -1.62. The molecule has 3 atom stereocenters. The molecule has 0 aromatic carbocycles. The summed E-state index contributed by atoms with van der Waals surface area (Å²) in [5.74, 6) is -0.571. The van der Waals surface area contributed by atoms with Crippen LogP contribution in [0.4, 0.5) is 4.39 Å². The number of nitrogens with one attached hydrogen (secondary N) is 1.